The largest absolute Gasteiger partial charge is 0.125 e. The highest BCUT2D eigenvalue weighted by Crippen LogP contribution is 2.36. The number of hydrogen-bond acceptors (Lipinski definition) is 1. The molecule has 0 fully saturated rings. The van der Waals surface area contributed by atoms with Gasteiger partial charge in [0.05, 0.1) is 0 Å². The highest BCUT2D eigenvalue weighted by molar-refractivity contribution is 9.12. The van der Waals surface area contributed by atoms with Crippen molar-refractivity contribution in [2.45, 2.75) is 23.9 Å². The van der Waals surface area contributed by atoms with Gasteiger partial charge >= 0.3 is 0 Å². The molecule has 0 bridgehead atoms. The maximum atomic E-state index is 3.64. The van der Waals surface area contributed by atoms with Crippen molar-refractivity contribution in [1.82, 2.24) is 0 Å². The van der Waals surface area contributed by atoms with Gasteiger partial charge in [0.15, 0.2) is 0 Å². The number of halogens is 2. The molecule has 0 amide bonds. The molecule has 72 valence electrons. The lowest BCUT2D eigenvalue weighted by molar-refractivity contribution is 1.05. The Morgan fingerprint density at radius 1 is 1.54 bits per heavy atom. The number of rotatable bonds is 2. The lowest BCUT2D eigenvalue weighted by atomic mass is 10.1. The summed E-state index contributed by atoms with van der Waals surface area (Å²) >= 11 is 9.07. The Morgan fingerprint density at radius 2 is 2.23 bits per heavy atom. The van der Waals surface area contributed by atoms with Crippen molar-refractivity contribution in [3.8, 4) is 0 Å². The van der Waals surface area contributed by atoms with E-state index in [1.54, 1.807) is 0 Å². The second-order valence-electron chi connectivity index (χ2n) is 2.86. The Balaban J connectivity index is 2.77. The number of thioether (sulfide) groups is 1. The summed E-state index contributed by atoms with van der Waals surface area (Å²) in [6, 6.07) is 0. The molecular formula is C10H12Br2S. The second-order valence-corrected chi connectivity index (χ2v) is 5.82. The summed E-state index contributed by atoms with van der Waals surface area (Å²) in [7, 11) is 0. The smallest absolute Gasteiger partial charge is 0.0493 e. The van der Waals surface area contributed by atoms with Crippen molar-refractivity contribution in [3.63, 3.8) is 0 Å². The van der Waals surface area contributed by atoms with Gasteiger partial charge in [-0.1, -0.05) is 50.1 Å². The van der Waals surface area contributed by atoms with Gasteiger partial charge in [0.25, 0.3) is 0 Å². The first-order valence-corrected chi connectivity index (χ1v) is 6.77. The van der Waals surface area contributed by atoms with E-state index in [1.165, 1.54) is 10.1 Å². The Morgan fingerprint density at radius 3 is 2.69 bits per heavy atom. The van der Waals surface area contributed by atoms with Crippen LogP contribution in [0.4, 0.5) is 0 Å². The van der Waals surface area contributed by atoms with Crippen LogP contribution in [0, 0.1) is 0 Å². The van der Waals surface area contributed by atoms with E-state index in [0.29, 0.717) is 10.1 Å². The van der Waals surface area contributed by atoms with Crippen LogP contribution >= 0.6 is 43.6 Å². The van der Waals surface area contributed by atoms with Crippen LogP contribution in [0.25, 0.3) is 0 Å². The van der Waals surface area contributed by atoms with Gasteiger partial charge in [-0.2, -0.15) is 0 Å². The average Bonchev–Trinajstić information content (AvgIpc) is 2.50. The minimum absolute atomic E-state index is 0.468. The number of alkyl halides is 1. The van der Waals surface area contributed by atoms with Crippen molar-refractivity contribution >= 4 is 43.6 Å². The quantitative estimate of drug-likeness (QED) is 0.527. The molecule has 2 atom stereocenters. The minimum atomic E-state index is 0.468. The van der Waals surface area contributed by atoms with Crippen LogP contribution in [0.3, 0.4) is 0 Å². The molecule has 1 rings (SSSR count). The summed E-state index contributed by atoms with van der Waals surface area (Å²) in [5.74, 6) is 0. The highest BCUT2D eigenvalue weighted by atomic mass is 79.9. The van der Waals surface area contributed by atoms with E-state index in [4.69, 9.17) is 0 Å². The molecule has 0 N–H and O–H groups in total. The van der Waals surface area contributed by atoms with Crippen molar-refractivity contribution in [1.29, 1.82) is 0 Å². The fourth-order valence-corrected chi connectivity index (χ4v) is 3.92. The molecule has 0 saturated heterocycles. The molecule has 0 nitrogen and oxygen atoms in total. The maximum absolute atomic E-state index is 3.64. The molecule has 0 aliphatic carbocycles. The number of allylic oxidation sites excluding steroid dienone is 4. The first-order valence-electron chi connectivity index (χ1n) is 4.12. The first kappa shape index (κ1) is 11.6. The Hall–Kier alpha value is 0.530. The number of hydrogen-bond donors (Lipinski definition) is 0. The van der Waals surface area contributed by atoms with Gasteiger partial charge in [-0.3, -0.25) is 0 Å². The Kier molecular flexibility index (Phi) is 4.84. The van der Waals surface area contributed by atoms with E-state index in [-0.39, 0.29) is 0 Å². The molecule has 2 unspecified atom stereocenters. The van der Waals surface area contributed by atoms with Crippen LogP contribution in [0.1, 0.15) is 13.8 Å². The van der Waals surface area contributed by atoms with Crippen LogP contribution in [0.5, 0.6) is 0 Å². The van der Waals surface area contributed by atoms with Crippen LogP contribution in [0.2, 0.25) is 0 Å². The average molecular weight is 324 g/mol. The third kappa shape index (κ3) is 3.00. The molecule has 0 aromatic rings. The molecular weight excluding hydrogens is 312 g/mol. The predicted octanol–water partition coefficient (Wildman–Crippen LogP) is 4.62. The van der Waals surface area contributed by atoms with Gasteiger partial charge < -0.3 is 0 Å². The van der Waals surface area contributed by atoms with Crippen LogP contribution in [-0.2, 0) is 0 Å². The Labute approximate surface area is 101 Å². The highest BCUT2D eigenvalue weighted by Gasteiger charge is 2.23. The topological polar surface area (TPSA) is 0 Å². The predicted molar refractivity (Wildman–Crippen MR) is 69.7 cm³/mol. The van der Waals surface area contributed by atoms with Crippen LogP contribution in [-0.4, -0.2) is 10.1 Å². The van der Waals surface area contributed by atoms with Gasteiger partial charge in [-0.05, 0) is 24.8 Å². The molecule has 1 aliphatic rings. The van der Waals surface area contributed by atoms with Crippen LogP contribution < -0.4 is 0 Å². The molecule has 0 spiro atoms. The van der Waals surface area contributed by atoms with E-state index in [0.717, 1.165) is 0 Å². The van der Waals surface area contributed by atoms with E-state index in [9.17, 15) is 0 Å². The van der Waals surface area contributed by atoms with Crippen LogP contribution in [0.15, 0.2) is 33.7 Å². The molecule has 1 aliphatic heterocycles. The third-order valence-corrected chi connectivity index (χ3v) is 5.22. The van der Waals surface area contributed by atoms with E-state index in [2.05, 4.69) is 56.3 Å². The fourth-order valence-electron chi connectivity index (χ4n) is 1.14. The zero-order chi connectivity index (χ0) is 9.84. The van der Waals surface area contributed by atoms with Gasteiger partial charge in [-0.25, -0.2) is 0 Å². The minimum Gasteiger partial charge on any atom is -0.125 e. The van der Waals surface area contributed by atoms with Gasteiger partial charge in [-0.15, -0.1) is 11.8 Å². The van der Waals surface area contributed by atoms with Crippen molar-refractivity contribution in [2.24, 2.45) is 0 Å². The standard InChI is InChI=1S/C10H12Br2S/c1-3-4-8(11)7(2)10-9(12)5-6-13-10/h3-6,9-10H,1-2H3/b4-3-,8-7-. The fraction of sp³-hybridized carbons (Fsp3) is 0.400. The van der Waals surface area contributed by atoms with E-state index in [1.807, 2.05) is 24.8 Å². The molecule has 0 aromatic carbocycles. The monoisotopic (exact) mass is 322 g/mol. The van der Waals surface area contributed by atoms with Gasteiger partial charge in [0, 0.05) is 14.6 Å². The lowest BCUT2D eigenvalue weighted by Crippen LogP contribution is -2.12. The van der Waals surface area contributed by atoms with Crippen molar-refractivity contribution in [3.05, 3.63) is 33.7 Å². The summed E-state index contributed by atoms with van der Waals surface area (Å²) in [5.41, 5.74) is 1.38. The SMILES string of the molecule is C/C=C\C(Br)=C(/C)C1SC=CC1Br. The summed E-state index contributed by atoms with van der Waals surface area (Å²) in [4.78, 5) is 0.468. The summed E-state index contributed by atoms with van der Waals surface area (Å²) < 4.78 is 1.20. The second kappa shape index (κ2) is 5.42. The molecule has 3 heteroatoms. The normalized spacial score (nSPS) is 29.8. The zero-order valence-corrected chi connectivity index (χ0v) is 11.6. The summed E-state index contributed by atoms with van der Waals surface area (Å²) in [6.45, 7) is 4.20. The first-order chi connectivity index (χ1) is 6.16. The molecule has 1 heterocycles. The van der Waals surface area contributed by atoms with Gasteiger partial charge in [0.1, 0.15) is 0 Å². The van der Waals surface area contributed by atoms with E-state index >= 15 is 0 Å². The third-order valence-electron chi connectivity index (χ3n) is 1.89. The zero-order valence-electron chi connectivity index (χ0n) is 7.63. The molecule has 0 aromatic heterocycles. The summed E-state index contributed by atoms with van der Waals surface area (Å²) in [6.07, 6.45) is 6.33. The molecule has 0 saturated carbocycles. The van der Waals surface area contributed by atoms with Crippen molar-refractivity contribution < 1.29 is 0 Å². The molecule has 13 heavy (non-hydrogen) atoms. The Bertz CT molecular complexity index is 266. The maximum Gasteiger partial charge on any atom is 0.0493 e. The van der Waals surface area contributed by atoms with E-state index < -0.39 is 0 Å². The van der Waals surface area contributed by atoms with Gasteiger partial charge in [0.2, 0.25) is 0 Å². The lowest BCUT2D eigenvalue weighted by Gasteiger charge is -2.14. The molecule has 0 radical (unpaired) electrons. The van der Waals surface area contributed by atoms with Crippen molar-refractivity contribution in [2.75, 3.05) is 0 Å². The summed E-state index contributed by atoms with van der Waals surface area (Å²) in [5, 5.41) is 2.69.